The fraction of sp³-hybridized carbons (Fsp3) is 0.227. The van der Waals surface area contributed by atoms with Crippen LogP contribution in [0.5, 0.6) is 0 Å². The molecule has 0 N–H and O–H groups in total. The van der Waals surface area contributed by atoms with E-state index in [0.29, 0.717) is 0 Å². The Morgan fingerprint density at radius 1 is 0.840 bits per heavy atom. The third kappa shape index (κ3) is 4.02. The van der Waals surface area contributed by atoms with Crippen molar-refractivity contribution >= 4 is 41.1 Å². The first kappa shape index (κ1) is 17.5. The molecular weight excluding hydrogens is 328 g/mol. The van der Waals surface area contributed by atoms with Gasteiger partial charge >= 0.3 is 0 Å². The zero-order valence-electron chi connectivity index (χ0n) is 14.3. The second-order valence-corrected chi connectivity index (χ2v) is 6.40. The molecule has 0 aliphatic carbocycles. The molecule has 2 nitrogen and oxygen atoms in total. The predicted molar refractivity (Wildman–Crippen MR) is 110 cm³/mol. The van der Waals surface area contributed by atoms with Gasteiger partial charge in [0.2, 0.25) is 0 Å². The first-order valence-electron chi connectivity index (χ1n) is 8.77. The molecule has 1 aromatic heterocycles. The molecule has 2 heterocycles. The molecule has 0 bridgehead atoms. The van der Waals surface area contributed by atoms with E-state index >= 15 is 0 Å². The largest absolute Gasteiger partial charge is 0.357 e. The summed E-state index contributed by atoms with van der Waals surface area (Å²) >= 11 is 0. The topological polar surface area (TPSA) is 16.1 Å². The molecule has 128 valence electrons. The highest BCUT2D eigenvalue weighted by Crippen LogP contribution is 2.22. The van der Waals surface area contributed by atoms with Crippen LogP contribution in [0.2, 0.25) is 0 Å². The van der Waals surface area contributed by atoms with Gasteiger partial charge in [0.15, 0.2) is 0 Å². The van der Waals surface area contributed by atoms with Gasteiger partial charge in [-0.2, -0.15) is 0 Å². The summed E-state index contributed by atoms with van der Waals surface area (Å²) in [7, 11) is 0. The number of benzene rings is 2. The van der Waals surface area contributed by atoms with Crippen LogP contribution < -0.4 is 4.90 Å². The van der Waals surface area contributed by atoms with Gasteiger partial charge in [0.25, 0.3) is 0 Å². The number of piperidine rings is 1. The van der Waals surface area contributed by atoms with Crippen molar-refractivity contribution in [3.05, 3.63) is 71.9 Å². The molecule has 0 amide bonds. The van der Waals surface area contributed by atoms with E-state index in [1.54, 1.807) is 0 Å². The Hall–Kier alpha value is -2.32. The van der Waals surface area contributed by atoms with Crippen LogP contribution in [0.4, 0.5) is 5.82 Å². The molecule has 1 aliphatic rings. The van der Waals surface area contributed by atoms with E-state index in [0.717, 1.165) is 18.9 Å². The van der Waals surface area contributed by atoms with Crippen LogP contribution in [0.15, 0.2) is 60.8 Å². The lowest BCUT2D eigenvalue weighted by Crippen LogP contribution is -2.30. The van der Waals surface area contributed by atoms with Crippen LogP contribution in [0.1, 0.15) is 30.4 Å². The molecule has 1 fully saturated rings. The zero-order chi connectivity index (χ0) is 16.2. The summed E-state index contributed by atoms with van der Waals surface area (Å²) < 4.78 is 0. The summed E-state index contributed by atoms with van der Waals surface area (Å²) in [6.07, 6.45) is 10.2. The Morgan fingerprint density at radius 2 is 1.64 bits per heavy atom. The minimum atomic E-state index is 0. The lowest BCUT2D eigenvalue weighted by molar-refractivity contribution is 0.573. The normalized spacial score (nSPS) is 14.6. The molecule has 0 atom stereocenters. The zero-order valence-corrected chi connectivity index (χ0v) is 15.1. The van der Waals surface area contributed by atoms with Crippen LogP contribution >= 0.6 is 12.4 Å². The quantitative estimate of drug-likeness (QED) is 0.591. The summed E-state index contributed by atoms with van der Waals surface area (Å²) in [5, 5.41) is 2.57. The van der Waals surface area contributed by atoms with Crippen LogP contribution in [-0.4, -0.2) is 18.1 Å². The van der Waals surface area contributed by atoms with E-state index in [-0.39, 0.29) is 12.4 Å². The standard InChI is InChI=1S/C22H22N2.ClH/c1-4-15-24(16-5-1)22-17-18(13-14-23-22)11-12-20-9-6-8-19-7-2-3-10-21(19)20;/h2-3,6-14,17H,1,4-5,15-16H2;1H. The Bertz CT molecular complexity index is 861. The third-order valence-electron chi connectivity index (χ3n) is 4.73. The Labute approximate surface area is 155 Å². The summed E-state index contributed by atoms with van der Waals surface area (Å²) in [5.74, 6) is 1.11. The fourth-order valence-electron chi connectivity index (χ4n) is 3.42. The predicted octanol–water partition coefficient (Wildman–Crippen LogP) is 5.82. The van der Waals surface area contributed by atoms with Gasteiger partial charge < -0.3 is 4.90 Å². The second-order valence-electron chi connectivity index (χ2n) is 6.40. The number of fused-ring (bicyclic) bond motifs is 1. The number of nitrogens with zero attached hydrogens (tertiary/aromatic N) is 2. The SMILES string of the molecule is C(=Cc1cccc2ccccc12)c1ccnc(N2CCCCC2)c1.Cl. The number of hydrogen-bond donors (Lipinski definition) is 0. The van der Waals surface area contributed by atoms with Crippen molar-refractivity contribution in [3.63, 3.8) is 0 Å². The summed E-state index contributed by atoms with van der Waals surface area (Å²) in [6, 6.07) is 19.3. The number of pyridine rings is 1. The Balaban J connectivity index is 0.00000182. The molecule has 4 rings (SSSR count). The summed E-state index contributed by atoms with van der Waals surface area (Å²) in [6.45, 7) is 2.26. The maximum absolute atomic E-state index is 4.56. The van der Waals surface area contributed by atoms with Gasteiger partial charge in [-0.25, -0.2) is 4.98 Å². The van der Waals surface area contributed by atoms with E-state index < -0.39 is 0 Å². The van der Waals surface area contributed by atoms with Crippen molar-refractivity contribution < 1.29 is 0 Å². The Morgan fingerprint density at radius 3 is 2.52 bits per heavy atom. The number of rotatable bonds is 3. The van der Waals surface area contributed by atoms with Gasteiger partial charge in [-0.15, -0.1) is 12.4 Å². The van der Waals surface area contributed by atoms with Crippen molar-refractivity contribution in [2.24, 2.45) is 0 Å². The molecule has 25 heavy (non-hydrogen) atoms. The van der Waals surface area contributed by atoms with E-state index in [2.05, 4.69) is 76.6 Å². The molecule has 1 aliphatic heterocycles. The fourth-order valence-corrected chi connectivity index (χ4v) is 3.42. The molecular formula is C22H23ClN2. The molecule has 0 unspecified atom stereocenters. The summed E-state index contributed by atoms with van der Waals surface area (Å²) in [4.78, 5) is 6.96. The highest BCUT2D eigenvalue weighted by atomic mass is 35.5. The molecule has 1 saturated heterocycles. The van der Waals surface area contributed by atoms with Crippen molar-refractivity contribution in [2.45, 2.75) is 19.3 Å². The van der Waals surface area contributed by atoms with Gasteiger partial charge in [-0.05, 0) is 53.3 Å². The van der Waals surface area contributed by atoms with Crippen LogP contribution in [0.3, 0.4) is 0 Å². The molecule has 0 radical (unpaired) electrons. The van der Waals surface area contributed by atoms with Crippen molar-refractivity contribution in [3.8, 4) is 0 Å². The third-order valence-corrected chi connectivity index (χ3v) is 4.73. The number of aromatic nitrogens is 1. The van der Waals surface area contributed by atoms with Crippen molar-refractivity contribution in [2.75, 3.05) is 18.0 Å². The highest BCUT2D eigenvalue weighted by molar-refractivity contribution is 5.92. The smallest absolute Gasteiger partial charge is 0.129 e. The lowest BCUT2D eigenvalue weighted by Gasteiger charge is -2.27. The first-order valence-corrected chi connectivity index (χ1v) is 8.77. The van der Waals surface area contributed by atoms with Gasteiger partial charge in [0.1, 0.15) is 5.82 Å². The maximum atomic E-state index is 4.56. The minimum Gasteiger partial charge on any atom is -0.357 e. The molecule has 3 heteroatoms. The number of anilines is 1. The molecule has 0 spiro atoms. The number of hydrogen-bond acceptors (Lipinski definition) is 2. The van der Waals surface area contributed by atoms with Gasteiger partial charge in [-0.3, -0.25) is 0 Å². The van der Waals surface area contributed by atoms with Gasteiger partial charge in [0.05, 0.1) is 0 Å². The van der Waals surface area contributed by atoms with Crippen LogP contribution in [-0.2, 0) is 0 Å². The van der Waals surface area contributed by atoms with E-state index in [1.165, 1.54) is 41.2 Å². The summed E-state index contributed by atoms with van der Waals surface area (Å²) in [5.41, 5.74) is 2.46. The average molecular weight is 351 g/mol. The van der Waals surface area contributed by atoms with E-state index in [9.17, 15) is 0 Å². The first-order chi connectivity index (χ1) is 11.9. The van der Waals surface area contributed by atoms with Gasteiger partial charge in [0, 0.05) is 19.3 Å². The van der Waals surface area contributed by atoms with Crippen LogP contribution in [0, 0.1) is 0 Å². The minimum absolute atomic E-state index is 0. The van der Waals surface area contributed by atoms with Crippen LogP contribution in [0.25, 0.3) is 22.9 Å². The highest BCUT2D eigenvalue weighted by Gasteiger charge is 2.11. The van der Waals surface area contributed by atoms with E-state index in [1.807, 2.05) is 6.20 Å². The molecule has 2 aromatic carbocycles. The van der Waals surface area contributed by atoms with Gasteiger partial charge in [-0.1, -0.05) is 54.6 Å². The monoisotopic (exact) mass is 350 g/mol. The van der Waals surface area contributed by atoms with Crippen molar-refractivity contribution in [1.82, 2.24) is 4.98 Å². The number of halogens is 1. The maximum Gasteiger partial charge on any atom is 0.129 e. The molecule has 3 aromatic rings. The van der Waals surface area contributed by atoms with Crippen molar-refractivity contribution in [1.29, 1.82) is 0 Å². The average Bonchev–Trinajstić information content (AvgIpc) is 2.67. The molecule has 0 saturated carbocycles. The second kappa shape index (κ2) is 8.17. The lowest BCUT2D eigenvalue weighted by atomic mass is 10.0. The Kier molecular flexibility index (Phi) is 5.72. The van der Waals surface area contributed by atoms with E-state index in [4.69, 9.17) is 0 Å².